The van der Waals surface area contributed by atoms with E-state index in [-0.39, 0.29) is 0 Å². The molecule has 2 aliphatic heterocycles. The van der Waals surface area contributed by atoms with Gasteiger partial charge in [0.2, 0.25) is 0 Å². The first-order chi connectivity index (χ1) is 7.27. The van der Waals surface area contributed by atoms with Gasteiger partial charge in [0.1, 0.15) is 0 Å². The van der Waals surface area contributed by atoms with Gasteiger partial charge in [0, 0.05) is 25.6 Å². The topological polar surface area (TPSA) is 15.3 Å². The van der Waals surface area contributed by atoms with E-state index in [9.17, 15) is 0 Å². The Morgan fingerprint density at radius 2 is 2.07 bits per heavy atom. The average molecular weight is 205 g/mol. The van der Waals surface area contributed by atoms with E-state index in [1.807, 2.05) is 0 Å². The molecule has 2 nitrogen and oxygen atoms in total. The van der Waals surface area contributed by atoms with Crippen LogP contribution in [0.2, 0.25) is 0 Å². The molecule has 0 saturated carbocycles. The SMILES string of the molecule is C[C](C1=CCNCC1)C1=CCN(C)CC1. The summed E-state index contributed by atoms with van der Waals surface area (Å²) < 4.78 is 0. The van der Waals surface area contributed by atoms with E-state index in [0.717, 1.165) is 19.6 Å². The number of hydrogen-bond acceptors (Lipinski definition) is 2. The molecular weight excluding hydrogens is 184 g/mol. The Morgan fingerprint density at radius 3 is 2.67 bits per heavy atom. The second-order valence-corrected chi connectivity index (χ2v) is 4.55. The van der Waals surface area contributed by atoms with Crippen molar-refractivity contribution in [3.8, 4) is 0 Å². The maximum absolute atomic E-state index is 3.36. The molecule has 2 rings (SSSR count). The monoisotopic (exact) mass is 205 g/mol. The molecular formula is C13H21N2. The van der Waals surface area contributed by atoms with Crippen molar-refractivity contribution in [1.82, 2.24) is 10.2 Å². The minimum absolute atomic E-state index is 1.04. The number of rotatable bonds is 2. The van der Waals surface area contributed by atoms with E-state index in [4.69, 9.17) is 0 Å². The van der Waals surface area contributed by atoms with Crippen LogP contribution in [0.25, 0.3) is 0 Å². The minimum Gasteiger partial charge on any atom is -0.313 e. The lowest BCUT2D eigenvalue weighted by Gasteiger charge is -2.28. The van der Waals surface area contributed by atoms with Crippen molar-refractivity contribution < 1.29 is 0 Å². The Morgan fingerprint density at radius 1 is 1.27 bits per heavy atom. The van der Waals surface area contributed by atoms with E-state index in [0.29, 0.717) is 0 Å². The first kappa shape index (κ1) is 10.9. The normalized spacial score (nSPS) is 23.9. The predicted octanol–water partition coefficient (Wildman–Crippen LogP) is 1.76. The third-order valence-corrected chi connectivity index (χ3v) is 3.44. The smallest absolute Gasteiger partial charge is 0.0222 e. The van der Waals surface area contributed by atoms with Crippen molar-refractivity contribution in [3.05, 3.63) is 29.2 Å². The van der Waals surface area contributed by atoms with E-state index in [1.165, 1.54) is 25.3 Å². The molecule has 0 spiro atoms. The van der Waals surface area contributed by atoms with Crippen LogP contribution in [0.5, 0.6) is 0 Å². The van der Waals surface area contributed by atoms with Crippen LogP contribution in [0.1, 0.15) is 19.8 Å². The molecule has 0 aliphatic carbocycles. The third-order valence-electron chi connectivity index (χ3n) is 3.44. The van der Waals surface area contributed by atoms with Crippen LogP contribution in [0.3, 0.4) is 0 Å². The Bertz CT molecular complexity index is 278. The van der Waals surface area contributed by atoms with Crippen LogP contribution in [-0.2, 0) is 0 Å². The van der Waals surface area contributed by atoms with Crippen LogP contribution in [0, 0.1) is 5.92 Å². The van der Waals surface area contributed by atoms with Gasteiger partial charge in [0.15, 0.2) is 0 Å². The maximum Gasteiger partial charge on any atom is 0.0222 e. The summed E-state index contributed by atoms with van der Waals surface area (Å²) in [5, 5.41) is 3.36. The van der Waals surface area contributed by atoms with Gasteiger partial charge in [-0.2, -0.15) is 0 Å². The molecule has 0 amide bonds. The third kappa shape index (κ3) is 2.70. The van der Waals surface area contributed by atoms with Crippen molar-refractivity contribution in [3.63, 3.8) is 0 Å². The largest absolute Gasteiger partial charge is 0.313 e. The predicted molar refractivity (Wildman–Crippen MR) is 64.7 cm³/mol. The average Bonchev–Trinajstić information content (AvgIpc) is 2.30. The first-order valence-corrected chi connectivity index (χ1v) is 5.89. The van der Waals surface area contributed by atoms with Crippen molar-refractivity contribution in [2.45, 2.75) is 19.8 Å². The van der Waals surface area contributed by atoms with Gasteiger partial charge in [0.25, 0.3) is 0 Å². The zero-order chi connectivity index (χ0) is 10.7. The number of hydrogen-bond donors (Lipinski definition) is 1. The summed E-state index contributed by atoms with van der Waals surface area (Å²) in [5.41, 5.74) is 3.13. The van der Waals surface area contributed by atoms with Gasteiger partial charge in [-0.3, -0.25) is 0 Å². The van der Waals surface area contributed by atoms with Gasteiger partial charge in [-0.15, -0.1) is 0 Å². The van der Waals surface area contributed by atoms with Crippen molar-refractivity contribution in [2.75, 3.05) is 33.2 Å². The Balaban J connectivity index is 2.01. The lowest BCUT2D eigenvalue weighted by atomic mass is 9.86. The molecule has 0 aromatic rings. The summed E-state index contributed by atoms with van der Waals surface area (Å²) in [4.78, 5) is 2.37. The van der Waals surface area contributed by atoms with Crippen LogP contribution in [0.15, 0.2) is 23.3 Å². The second kappa shape index (κ2) is 4.95. The van der Waals surface area contributed by atoms with Gasteiger partial charge < -0.3 is 10.2 Å². The highest BCUT2D eigenvalue weighted by molar-refractivity contribution is 5.40. The highest BCUT2D eigenvalue weighted by Crippen LogP contribution is 2.29. The van der Waals surface area contributed by atoms with Crippen molar-refractivity contribution in [2.24, 2.45) is 0 Å². The van der Waals surface area contributed by atoms with Gasteiger partial charge in [-0.1, -0.05) is 30.2 Å². The minimum atomic E-state index is 1.04. The molecule has 0 aromatic carbocycles. The zero-order valence-corrected chi connectivity index (χ0v) is 9.84. The molecule has 0 bridgehead atoms. The summed E-state index contributed by atoms with van der Waals surface area (Å²) >= 11 is 0. The molecule has 15 heavy (non-hydrogen) atoms. The molecule has 2 aliphatic rings. The van der Waals surface area contributed by atoms with Crippen LogP contribution >= 0.6 is 0 Å². The van der Waals surface area contributed by atoms with Gasteiger partial charge in [-0.25, -0.2) is 0 Å². The van der Waals surface area contributed by atoms with E-state index >= 15 is 0 Å². The molecule has 0 fully saturated rings. The lowest BCUT2D eigenvalue weighted by molar-refractivity contribution is 0.358. The van der Waals surface area contributed by atoms with Crippen LogP contribution < -0.4 is 5.32 Å². The van der Waals surface area contributed by atoms with E-state index < -0.39 is 0 Å². The molecule has 83 valence electrons. The summed E-state index contributed by atoms with van der Waals surface area (Å²) in [7, 11) is 2.19. The molecule has 0 atom stereocenters. The molecule has 1 radical (unpaired) electrons. The van der Waals surface area contributed by atoms with E-state index in [1.54, 1.807) is 11.1 Å². The molecule has 0 saturated heterocycles. The molecule has 2 heterocycles. The van der Waals surface area contributed by atoms with Crippen LogP contribution in [-0.4, -0.2) is 38.1 Å². The van der Waals surface area contributed by atoms with Gasteiger partial charge in [-0.05, 0) is 26.4 Å². The Kier molecular flexibility index (Phi) is 3.60. The highest BCUT2D eigenvalue weighted by Gasteiger charge is 2.18. The highest BCUT2D eigenvalue weighted by atomic mass is 15.1. The Hall–Kier alpha value is -0.600. The van der Waals surface area contributed by atoms with Crippen molar-refractivity contribution in [1.29, 1.82) is 0 Å². The number of nitrogens with one attached hydrogen (secondary N) is 1. The molecule has 2 heteroatoms. The van der Waals surface area contributed by atoms with E-state index in [2.05, 4.69) is 36.3 Å². The summed E-state index contributed by atoms with van der Waals surface area (Å²) in [6.45, 7) is 6.78. The fourth-order valence-corrected chi connectivity index (χ4v) is 2.28. The molecule has 0 aromatic heterocycles. The fraction of sp³-hybridized carbons (Fsp3) is 0.615. The summed E-state index contributed by atoms with van der Waals surface area (Å²) in [6.07, 6.45) is 7.14. The number of nitrogens with zero attached hydrogens (tertiary/aromatic N) is 1. The van der Waals surface area contributed by atoms with Crippen LogP contribution in [0.4, 0.5) is 0 Å². The summed E-state index contributed by atoms with van der Waals surface area (Å²) in [5.74, 6) is 1.53. The first-order valence-electron chi connectivity index (χ1n) is 5.89. The lowest BCUT2D eigenvalue weighted by Crippen LogP contribution is -2.27. The maximum atomic E-state index is 3.36. The van der Waals surface area contributed by atoms with Crippen molar-refractivity contribution >= 4 is 0 Å². The fourth-order valence-electron chi connectivity index (χ4n) is 2.28. The van der Waals surface area contributed by atoms with Gasteiger partial charge >= 0.3 is 0 Å². The summed E-state index contributed by atoms with van der Waals surface area (Å²) in [6, 6.07) is 0. The molecule has 0 unspecified atom stereocenters. The Labute approximate surface area is 93.0 Å². The quantitative estimate of drug-likeness (QED) is 0.739. The standard InChI is InChI=1S/C13H21N2/c1-11(12-3-7-14-8-4-12)13-5-9-15(2)10-6-13/h3,5,14H,4,6-10H2,1-2H3. The number of likely N-dealkylation sites (N-methyl/N-ethyl adjacent to an activating group) is 1. The zero-order valence-electron chi connectivity index (χ0n) is 9.84. The second-order valence-electron chi connectivity index (χ2n) is 4.55. The molecule has 1 N–H and O–H groups in total. The van der Waals surface area contributed by atoms with Gasteiger partial charge in [0.05, 0.1) is 0 Å².